The van der Waals surface area contributed by atoms with Gasteiger partial charge in [-0.1, -0.05) is 13.8 Å². The second-order valence-corrected chi connectivity index (χ2v) is 9.72. The van der Waals surface area contributed by atoms with E-state index in [1.807, 2.05) is 13.8 Å². The molecule has 1 amide bonds. The van der Waals surface area contributed by atoms with E-state index in [1.54, 1.807) is 0 Å². The summed E-state index contributed by atoms with van der Waals surface area (Å²) in [5.41, 5.74) is 10.7. The molecule has 180 valence electrons. The highest BCUT2D eigenvalue weighted by molar-refractivity contribution is 7.53. The summed E-state index contributed by atoms with van der Waals surface area (Å²) in [4.78, 5) is 39.7. The lowest BCUT2D eigenvalue weighted by molar-refractivity contribution is -0.146. The minimum atomic E-state index is -3.70. The van der Waals surface area contributed by atoms with Gasteiger partial charge in [-0.15, -0.1) is 0 Å². The quantitative estimate of drug-likeness (QED) is 0.291. The van der Waals surface area contributed by atoms with E-state index in [4.69, 9.17) is 25.3 Å². The molecule has 1 aromatic rings. The van der Waals surface area contributed by atoms with E-state index in [0.29, 0.717) is 6.42 Å². The molecule has 1 aliphatic heterocycles. The van der Waals surface area contributed by atoms with Crippen LogP contribution in [0, 0.1) is 5.92 Å². The Morgan fingerprint density at radius 2 is 2.16 bits per heavy atom. The smallest absolute Gasteiger partial charge is 0.356 e. The van der Waals surface area contributed by atoms with Crippen LogP contribution in [0.5, 0.6) is 0 Å². The van der Waals surface area contributed by atoms with Crippen LogP contribution in [-0.2, 0) is 39.2 Å². The highest BCUT2D eigenvalue weighted by Crippen LogP contribution is 2.51. The van der Waals surface area contributed by atoms with Gasteiger partial charge in [0.15, 0.2) is 6.04 Å². The van der Waals surface area contributed by atoms with Crippen LogP contribution in [0.25, 0.3) is 0 Å². The van der Waals surface area contributed by atoms with E-state index < -0.39 is 56.3 Å². The molecule has 0 aromatic carbocycles. The summed E-state index contributed by atoms with van der Waals surface area (Å²) < 4.78 is 34.9. The van der Waals surface area contributed by atoms with Crippen LogP contribution in [-0.4, -0.2) is 66.3 Å². The molecule has 2 heterocycles. The largest absolute Gasteiger partial charge is 0.467 e. The molecule has 5 N–H and O–H groups in total. The first-order chi connectivity index (χ1) is 15.0. The molecule has 0 aliphatic carbocycles. The van der Waals surface area contributed by atoms with Crippen molar-refractivity contribution in [3.05, 3.63) is 22.7 Å². The summed E-state index contributed by atoms with van der Waals surface area (Å²) in [6.07, 6.45) is 0.911. The van der Waals surface area contributed by atoms with Crippen molar-refractivity contribution in [3.8, 4) is 0 Å². The number of nitrogen functional groups attached to an aromatic ring is 1. The maximum atomic E-state index is 12.8. The normalized spacial score (nSPS) is 22.8. The van der Waals surface area contributed by atoms with Crippen molar-refractivity contribution >= 4 is 25.3 Å². The molecule has 32 heavy (non-hydrogen) atoms. The molecule has 1 fully saturated rings. The van der Waals surface area contributed by atoms with Crippen LogP contribution in [0.3, 0.4) is 0 Å². The first kappa shape index (κ1) is 25.9. The monoisotopic (exact) mass is 475 g/mol. The van der Waals surface area contributed by atoms with Crippen LogP contribution >= 0.6 is 7.60 Å². The number of carbonyl (C=O) groups is 2. The van der Waals surface area contributed by atoms with Gasteiger partial charge in [0.05, 0.1) is 32.9 Å². The van der Waals surface area contributed by atoms with Crippen molar-refractivity contribution in [2.45, 2.75) is 45.0 Å². The first-order valence-corrected chi connectivity index (χ1v) is 11.7. The number of nitrogens with one attached hydrogen (secondary N) is 1. The molecule has 1 aliphatic rings. The number of nitrogens with two attached hydrogens (primary N) is 2. The zero-order valence-corrected chi connectivity index (χ0v) is 19.2. The highest BCUT2D eigenvalue weighted by Gasteiger charge is 2.36. The molecular formula is C18H30N5O8P. The number of methoxy groups -OCH3 is 1. The summed E-state index contributed by atoms with van der Waals surface area (Å²) in [5, 5.41) is 2.45. The number of esters is 1. The molecule has 0 bridgehead atoms. The van der Waals surface area contributed by atoms with Gasteiger partial charge in [0.1, 0.15) is 18.3 Å². The maximum absolute atomic E-state index is 12.8. The molecule has 1 unspecified atom stereocenters. The fourth-order valence-corrected chi connectivity index (χ4v) is 4.24. The van der Waals surface area contributed by atoms with Crippen molar-refractivity contribution < 1.29 is 32.7 Å². The highest BCUT2D eigenvalue weighted by atomic mass is 31.2. The van der Waals surface area contributed by atoms with Crippen molar-refractivity contribution in [1.82, 2.24) is 14.9 Å². The average molecular weight is 475 g/mol. The van der Waals surface area contributed by atoms with Crippen LogP contribution in [0.4, 0.5) is 5.82 Å². The van der Waals surface area contributed by atoms with Crippen molar-refractivity contribution in [3.63, 3.8) is 0 Å². The maximum Gasteiger partial charge on any atom is 0.356 e. The Kier molecular flexibility index (Phi) is 9.34. The first-order valence-electron chi connectivity index (χ1n) is 9.99. The van der Waals surface area contributed by atoms with Crippen molar-refractivity contribution in [2.75, 3.05) is 32.4 Å². The lowest BCUT2D eigenvalue weighted by Gasteiger charge is -2.30. The van der Waals surface area contributed by atoms with Gasteiger partial charge in [0, 0.05) is 6.20 Å². The van der Waals surface area contributed by atoms with Crippen molar-refractivity contribution in [1.29, 1.82) is 0 Å². The summed E-state index contributed by atoms with van der Waals surface area (Å²) in [7, 11) is -2.56. The summed E-state index contributed by atoms with van der Waals surface area (Å²) in [6, 6.07) is -0.579. The van der Waals surface area contributed by atoms with E-state index in [1.165, 1.54) is 16.8 Å². The molecule has 0 radical (unpaired) electrons. The Morgan fingerprint density at radius 3 is 2.72 bits per heavy atom. The molecule has 1 saturated heterocycles. The van der Waals surface area contributed by atoms with Crippen LogP contribution < -0.4 is 22.5 Å². The number of carbonyl (C=O) groups excluding carboxylic acids is 2. The average Bonchev–Trinajstić information content (AvgIpc) is 2.73. The van der Waals surface area contributed by atoms with Gasteiger partial charge in [-0.05, 0) is 18.4 Å². The fraction of sp³-hybridized carbons (Fsp3) is 0.667. The number of nitrogens with zero attached hydrogens (tertiary/aromatic N) is 2. The lowest BCUT2D eigenvalue weighted by atomic mass is 10.0. The molecule has 13 nitrogen and oxygen atoms in total. The number of amides is 1. The predicted octanol–water partition coefficient (Wildman–Crippen LogP) is -0.561. The Balaban J connectivity index is 1.90. The SMILES string of the molecule is COC(=O)[C@H](COP1(=O)CO[C@@H](Cn2ccc(N)nc2=O)CO1)NC(=O)[C@@H](N)CC(C)C. The number of anilines is 1. The molecular weight excluding hydrogens is 445 g/mol. The van der Waals surface area contributed by atoms with E-state index in [-0.39, 0.29) is 24.9 Å². The Labute approximate surface area is 185 Å². The number of hydrogen-bond donors (Lipinski definition) is 3. The third kappa shape index (κ3) is 7.68. The number of aromatic nitrogens is 2. The summed E-state index contributed by atoms with van der Waals surface area (Å²) in [5.74, 6) is -1.06. The van der Waals surface area contributed by atoms with Gasteiger partial charge in [-0.3, -0.25) is 13.9 Å². The number of rotatable bonds is 10. The summed E-state index contributed by atoms with van der Waals surface area (Å²) >= 11 is 0. The predicted molar refractivity (Wildman–Crippen MR) is 114 cm³/mol. The third-order valence-electron chi connectivity index (χ3n) is 4.52. The van der Waals surface area contributed by atoms with E-state index >= 15 is 0 Å². The van der Waals surface area contributed by atoms with Crippen molar-refractivity contribution in [2.24, 2.45) is 11.7 Å². The molecule has 4 atom stereocenters. The van der Waals surface area contributed by atoms with Crippen LogP contribution in [0.2, 0.25) is 0 Å². The molecule has 0 spiro atoms. The standard InChI is InChI=1S/C18H30N5O8P/c1-11(2)6-13(19)16(24)21-14(17(25)28-3)9-31-32(27)10-29-12(8-30-32)7-23-5-4-15(20)22-18(23)26/h4-5,11-14H,6-10,19H2,1-3H3,(H,21,24)(H2,20,22,26)/t12-,13-,14-,32?/m0/s1. The van der Waals surface area contributed by atoms with Gasteiger partial charge in [0.2, 0.25) is 5.91 Å². The van der Waals surface area contributed by atoms with Gasteiger partial charge in [-0.2, -0.15) is 4.98 Å². The van der Waals surface area contributed by atoms with E-state index in [2.05, 4.69) is 15.0 Å². The van der Waals surface area contributed by atoms with Gasteiger partial charge < -0.3 is 35.3 Å². The lowest BCUT2D eigenvalue weighted by Crippen LogP contribution is -2.51. The van der Waals surface area contributed by atoms with Gasteiger partial charge >= 0.3 is 19.3 Å². The van der Waals surface area contributed by atoms with Crippen LogP contribution in [0.15, 0.2) is 17.1 Å². The van der Waals surface area contributed by atoms with Crippen LogP contribution in [0.1, 0.15) is 20.3 Å². The summed E-state index contributed by atoms with van der Waals surface area (Å²) in [6.45, 7) is 3.35. The second kappa shape index (κ2) is 11.5. The number of hydrogen-bond acceptors (Lipinski definition) is 11. The Hall–Kier alpha value is -2.31. The minimum absolute atomic E-state index is 0.0994. The molecule has 0 saturated carbocycles. The van der Waals surface area contributed by atoms with Gasteiger partial charge in [0.25, 0.3) is 0 Å². The van der Waals surface area contributed by atoms with E-state index in [9.17, 15) is 18.9 Å². The minimum Gasteiger partial charge on any atom is -0.467 e. The Bertz CT molecular complexity index is 896. The number of ether oxygens (including phenoxy) is 2. The topological polar surface area (TPSA) is 187 Å². The van der Waals surface area contributed by atoms with E-state index in [0.717, 1.165) is 7.11 Å². The van der Waals surface area contributed by atoms with Gasteiger partial charge in [-0.25, -0.2) is 9.59 Å². The zero-order chi connectivity index (χ0) is 23.9. The Morgan fingerprint density at radius 1 is 1.44 bits per heavy atom. The zero-order valence-electron chi connectivity index (χ0n) is 18.3. The fourth-order valence-electron chi connectivity index (χ4n) is 2.85. The second-order valence-electron chi connectivity index (χ2n) is 7.73. The molecule has 1 aromatic heterocycles. The molecule has 2 rings (SSSR count). The third-order valence-corrected chi connectivity index (χ3v) is 6.07. The molecule has 14 heteroatoms.